The molecule has 0 bridgehead atoms. The van der Waals surface area contributed by atoms with Crippen LogP contribution in [0.5, 0.6) is 0 Å². The number of nitrogens with zero attached hydrogens (tertiary/aromatic N) is 1. The van der Waals surface area contributed by atoms with Gasteiger partial charge in [0.15, 0.2) is 0 Å². The Kier molecular flexibility index (Phi) is 3.91. The highest BCUT2D eigenvalue weighted by Gasteiger charge is 2.27. The highest BCUT2D eigenvalue weighted by molar-refractivity contribution is 7.21. The molecule has 1 aliphatic rings. The van der Waals surface area contributed by atoms with Gasteiger partial charge in [0.25, 0.3) is 5.91 Å². The van der Waals surface area contributed by atoms with E-state index in [1.807, 2.05) is 30.0 Å². The predicted octanol–water partition coefficient (Wildman–Crippen LogP) is 4.43. The number of thiophene rings is 1. The number of carbonyl (C=O) groups excluding carboxylic acids is 1. The maximum atomic E-state index is 13.0. The molecule has 0 saturated carbocycles. The molecule has 2 atom stereocenters. The second-order valence-electron chi connectivity index (χ2n) is 7.40. The van der Waals surface area contributed by atoms with Crippen molar-refractivity contribution in [3.05, 3.63) is 45.1 Å². The highest BCUT2D eigenvalue weighted by Crippen LogP contribution is 2.32. The summed E-state index contributed by atoms with van der Waals surface area (Å²) < 4.78 is 6.27. The quantitative estimate of drug-likeness (QED) is 0.607. The van der Waals surface area contributed by atoms with Gasteiger partial charge in [0.05, 0.1) is 15.0 Å². The average molecular weight is 355 g/mol. The van der Waals surface area contributed by atoms with Crippen molar-refractivity contribution in [2.75, 3.05) is 13.1 Å². The zero-order chi connectivity index (χ0) is 17.7. The highest BCUT2D eigenvalue weighted by atomic mass is 32.1. The van der Waals surface area contributed by atoms with Crippen molar-refractivity contribution in [2.45, 2.75) is 27.2 Å². The summed E-state index contributed by atoms with van der Waals surface area (Å²) in [7, 11) is 0. The number of fused-ring (bicyclic) bond motifs is 3. The van der Waals surface area contributed by atoms with E-state index >= 15 is 0 Å². The number of likely N-dealkylation sites (tertiary alicyclic amines) is 1. The molecule has 2 aromatic heterocycles. The Labute approximate surface area is 150 Å². The van der Waals surface area contributed by atoms with E-state index in [9.17, 15) is 9.59 Å². The van der Waals surface area contributed by atoms with Crippen molar-refractivity contribution in [1.82, 2.24) is 4.90 Å². The SMILES string of the molecule is Cc1ccc2oc(=O)c3cc(C(=O)N4C[C@H](C)C[C@@H](C)C4)sc3c2c1. The maximum Gasteiger partial charge on any atom is 0.345 e. The summed E-state index contributed by atoms with van der Waals surface area (Å²) in [5.41, 5.74) is 1.30. The van der Waals surface area contributed by atoms with Gasteiger partial charge in [-0.05, 0) is 43.4 Å². The molecular formula is C20H21NO3S. The fraction of sp³-hybridized carbons (Fsp3) is 0.400. The minimum Gasteiger partial charge on any atom is -0.422 e. The summed E-state index contributed by atoms with van der Waals surface area (Å²) in [4.78, 5) is 27.8. The summed E-state index contributed by atoms with van der Waals surface area (Å²) in [5, 5.41) is 1.41. The van der Waals surface area contributed by atoms with Gasteiger partial charge in [-0.15, -0.1) is 11.3 Å². The monoisotopic (exact) mass is 355 g/mol. The third kappa shape index (κ3) is 2.86. The van der Waals surface area contributed by atoms with Gasteiger partial charge in [0.1, 0.15) is 5.58 Å². The van der Waals surface area contributed by atoms with Gasteiger partial charge in [-0.2, -0.15) is 0 Å². The summed E-state index contributed by atoms with van der Waals surface area (Å²) in [5.74, 6) is 1.05. The first-order chi connectivity index (χ1) is 11.9. The second-order valence-corrected chi connectivity index (χ2v) is 8.45. The van der Waals surface area contributed by atoms with E-state index in [1.165, 1.54) is 11.3 Å². The first-order valence-electron chi connectivity index (χ1n) is 8.68. The predicted molar refractivity (Wildman–Crippen MR) is 101 cm³/mol. The van der Waals surface area contributed by atoms with Crippen LogP contribution in [-0.2, 0) is 0 Å². The largest absolute Gasteiger partial charge is 0.422 e. The van der Waals surface area contributed by atoms with Crippen molar-refractivity contribution in [3.63, 3.8) is 0 Å². The van der Waals surface area contributed by atoms with Crippen LogP contribution in [0.15, 0.2) is 33.5 Å². The van der Waals surface area contributed by atoms with Gasteiger partial charge >= 0.3 is 5.63 Å². The third-order valence-corrected chi connectivity index (χ3v) is 6.06. The lowest BCUT2D eigenvalue weighted by atomic mass is 9.92. The van der Waals surface area contributed by atoms with Crippen molar-refractivity contribution < 1.29 is 9.21 Å². The molecule has 4 rings (SSSR count). The fourth-order valence-electron chi connectivity index (χ4n) is 3.90. The van der Waals surface area contributed by atoms with E-state index in [-0.39, 0.29) is 11.5 Å². The molecule has 0 aliphatic carbocycles. The zero-order valence-electron chi connectivity index (χ0n) is 14.7. The molecule has 3 heterocycles. The van der Waals surface area contributed by atoms with Crippen molar-refractivity contribution in [2.24, 2.45) is 11.8 Å². The van der Waals surface area contributed by atoms with Gasteiger partial charge in [-0.3, -0.25) is 4.79 Å². The van der Waals surface area contributed by atoms with Crippen LogP contribution in [0.25, 0.3) is 21.1 Å². The van der Waals surface area contributed by atoms with Gasteiger partial charge in [-0.1, -0.05) is 25.5 Å². The van der Waals surface area contributed by atoms with Crippen LogP contribution in [0.2, 0.25) is 0 Å². The summed E-state index contributed by atoms with van der Waals surface area (Å²) in [6, 6.07) is 7.46. The van der Waals surface area contributed by atoms with E-state index in [0.717, 1.165) is 35.2 Å². The van der Waals surface area contributed by atoms with Crippen LogP contribution >= 0.6 is 11.3 Å². The average Bonchev–Trinajstić information content (AvgIpc) is 3.00. The lowest BCUT2D eigenvalue weighted by molar-refractivity contribution is 0.0628. The number of piperidine rings is 1. The van der Waals surface area contributed by atoms with Crippen LogP contribution < -0.4 is 5.63 Å². The second kappa shape index (κ2) is 5.99. The smallest absolute Gasteiger partial charge is 0.345 e. The minimum absolute atomic E-state index is 0.0276. The Morgan fingerprint density at radius 2 is 1.88 bits per heavy atom. The first-order valence-corrected chi connectivity index (χ1v) is 9.50. The topological polar surface area (TPSA) is 50.5 Å². The molecule has 0 radical (unpaired) electrons. The molecule has 1 amide bonds. The molecule has 3 aromatic rings. The molecule has 1 aliphatic heterocycles. The molecule has 25 heavy (non-hydrogen) atoms. The van der Waals surface area contributed by atoms with E-state index in [4.69, 9.17) is 4.42 Å². The normalized spacial score (nSPS) is 21.2. The Balaban J connectivity index is 1.82. The molecule has 0 N–H and O–H groups in total. The lowest BCUT2D eigenvalue weighted by Gasteiger charge is -2.34. The molecule has 1 fully saturated rings. The molecule has 0 unspecified atom stereocenters. The van der Waals surface area contributed by atoms with Crippen molar-refractivity contribution in [3.8, 4) is 0 Å². The lowest BCUT2D eigenvalue weighted by Crippen LogP contribution is -2.42. The molecule has 0 spiro atoms. The van der Waals surface area contributed by atoms with E-state index in [1.54, 1.807) is 6.07 Å². The van der Waals surface area contributed by atoms with Gasteiger partial charge < -0.3 is 9.32 Å². The first kappa shape index (κ1) is 16.3. The maximum absolute atomic E-state index is 13.0. The Hall–Kier alpha value is -2.14. The molecular weight excluding hydrogens is 334 g/mol. The number of benzene rings is 1. The summed E-state index contributed by atoms with van der Waals surface area (Å²) in [6.45, 7) is 7.95. The van der Waals surface area contributed by atoms with Crippen molar-refractivity contribution in [1.29, 1.82) is 0 Å². The zero-order valence-corrected chi connectivity index (χ0v) is 15.5. The number of amides is 1. The number of rotatable bonds is 1. The fourth-order valence-corrected chi connectivity index (χ4v) is 5.03. The molecule has 130 valence electrons. The molecule has 5 heteroatoms. The summed E-state index contributed by atoms with van der Waals surface area (Å²) >= 11 is 1.40. The van der Waals surface area contributed by atoms with Gasteiger partial charge in [-0.25, -0.2) is 4.79 Å². The molecule has 1 saturated heterocycles. The third-order valence-electron chi connectivity index (χ3n) is 4.90. The van der Waals surface area contributed by atoms with Gasteiger partial charge in [0.2, 0.25) is 0 Å². The van der Waals surface area contributed by atoms with E-state index in [0.29, 0.717) is 27.7 Å². The molecule has 1 aromatic carbocycles. The number of hydrogen-bond donors (Lipinski definition) is 0. The van der Waals surface area contributed by atoms with E-state index < -0.39 is 0 Å². The van der Waals surface area contributed by atoms with Crippen molar-refractivity contribution >= 4 is 38.3 Å². The summed E-state index contributed by atoms with van der Waals surface area (Å²) in [6.07, 6.45) is 1.16. The Morgan fingerprint density at radius 1 is 1.16 bits per heavy atom. The minimum atomic E-state index is -0.373. The van der Waals surface area contributed by atoms with Crippen LogP contribution in [0.3, 0.4) is 0 Å². The van der Waals surface area contributed by atoms with E-state index in [2.05, 4.69) is 13.8 Å². The standard InChI is InChI=1S/C20H21NO3S/c1-11-4-5-16-14(7-11)18-15(20(23)24-16)8-17(25-18)19(22)21-9-12(2)6-13(3)10-21/h4-5,7-8,12-13H,6,9-10H2,1-3H3/t12-,13-/m1/s1. The van der Waals surface area contributed by atoms with Crippen LogP contribution in [0, 0.1) is 18.8 Å². The van der Waals surface area contributed by atoms with Crippen LogP contribution in [-0.4, -0.2) is 23.9 Å². The van der Waals surface area contributed by atoms with Crippen LogP contribution in [0.1, 0.15) is 35.5 Å². The van der Waals surface area contributed by atoms with Gasteiger partial charge in [0, 0.05) is 18.5 Å². The number of hydrogen-bond acceptors (Lipinski definition) is 4. The molecule has 4 nitrogen and oxygen atoms in total. The number of aryl methyl sites for hydroxylation is 1. The van der Waals surface area contributed by atoms with Crippen LogP contribution in [0.4, 0.5) is 0 Å². The number of carbonyl (C=O) groups is 1. The Bertz CT molecular complexity index is 1020. The Morgan fingerprint density at radius 3 is 2.60 bits per heavy atom.